The second-order valence-corrected chi connectivity index (χ2v) is 5.84. The summed E-state index contributed by atoms with van der Waals surface area (Å²) in [6, 6.07) is 13.9. The zero-order valence-electron chi connectivity index (χ0n) is 12.7. The lowest BCUT2D eigenvalue weighted by atomic mass is 9.93. The Hall–Kier alpha value is -2.36. The standard InChI is InChI=1S/C18H20N2O2/c1-2-16(18(19)22)20-11-13(10-17(20)21)15-9-5-7-12-6-3-4-8-14(12)15/h3-9,13,16H,2,10-11H2,1H3,(H2,19,22)/t13?,16-/m0/s1. The van der Waals surface area contributed by atoms with Crippen LogP contribution in [0.5, 0.6) is 0 Å². The zero-order valence-corrected chi connectivity index (χ0v) is 12.7. The van der Waals surface area contributed by atoms with Crippen molar-refractivity contribution in [3.05, 3.63) is 48.0 Å². The van der Waals surface area contributed by atoms with Crippen LogP contribution in [0.2, 0.25) is 0 Å². The number of hydrogen-bond acceptors (Lipinski definition) is 2. The van der Waals surface area contributed by atoms with Crippen LogP contribution in [0, 0.1) is 0 Å². The van der Waals surface area contributed by atoms with Crippen LogP contribution in [0.25, 0.3) is 10.8 Å². The quantitative estimate of drug-likeness (QED) is 0.941. The Bertz CT molecular complexity index is 721. The first kappa shape index (κ1) is 14.6. The number of primary amides is 1. The van der Waals surface area contributed by atoms with Crippen LogP contribution < -0.4 is 5.73 Å². The summed E-state index contributed by atoms with van der Waals surface area (Å²) in [5.41, 5.74) is 6.61. The maximum absolute atomic E-state index is 12.3. The van der Waals surface area contributed by atoms with Gasteiger partial charge in [-0.1, -0.05) is 49.4 Å². The molecule has 22 heavy (non-hydrogen) atoms. The van der Waals surface area contributed by atoms with E-state index in [1.54, 1.807) is 4.90 Å². The smallest absolute Gasteiger partial charge is 0.240 e. The van der Waals surface area contributed by atoms with E-state index in [2.05, 4.69) is 24.3 Å². The average molecular weight is 296 g/mol. The Morgan fingerprint density at radius 1 is 1.27 bits per heavy atom. The van der Waals surface area contributed by atoms with E-state index in [0.29, 0.717) is 19.4 Å². The molecule has 0 aliphatic carbocycles. The van der Waals surface area contributed by atoms with Gasteiger partial charge in [-0.2, -0.15) is 0 Å². The number of carbonyl (C=O) groups excluding carboxylic acids is 2. The summed E-state index contributed by atoms with van der Waals surface area (Å²) in [6.07, 6.45) is 1.00. The molecule has 0 bridgehead atoms. The molecule has 0 aromatic heterocycles. The number of amides is 2. The predicted octanol–water partition coefficient (Wildman–Crippen LogP) is 2.42. The number of fused-ring (bicyclic) bond motifs is 1. The topological polar surface area (TPSA) is 63.4 Å². The number of hydrogen-bond donors (Lipinski definition) is 1. The molecule has 2 atom stereocenters. The summed E-state index contributed by atoms with van der Waals surface area (Å²) in [4.78, 5) is 25.5. The van der Waals surface area contributed by atoms with E-state index >= 15 is 0 Å². The molecule has 1 unspecified atom stereocenters. The van der Waals surface area contributed by atoms with E-state index in [4.69, 9.17) is 5.73 Å². The minimum atomic E-state index is -0.493. The summed E-state index contributed by atoms with van der Waals surface area (Å²) < 4.78 is 0. The summed E-state index contributed by atoms with van der Waals surface area (Å²) in [7, 11) is 0. The molecule has 4 nitrogen and oxygen atoms in total. The lowest BCUT2D eigenvalue weighted by Crippen LogP contribution is -2.45. The van der Waals surface area contributed by atoms with E-state index < -0.39 is 11.9 Å². The lowest BCUT2D eigenvalue weighted by molar-refractivity contribution is -0.136. The Balaban J connectivity index is 1.93. The number of carbonyl (C=O) groups is 2. The van der Waals surface area contributed by atoms with Crippen LogP contribution in [0.15, 0.2) is 42.5 Å². The fourth-order valence-electron chi connectivity index (χ4n) is 3.42. The number of nitrogens with two attached hydrogens (primary N) is 1. The highest BCUT2D eigenvalue weighted by molar-refractivity contribution is 5.90. The molecular formula is C18H20N2O2. The van der Waals surface area contributed by atoms with E-state index in [0.717, 1.165) is 0 Å². The molecule has 2 amide bonds. The molecular weight excluding hydrogens is 276 g/mol. The Morgan fingerprint density at radius 3 is 2.73 bits per heavy atom. The second kappa shape index (κ2) is 5.79. The fourth-order valence-corrected chi connectivity index (χ4v) is 3.42. The molecule has 1 aliphatic heterocycles. The van der Waals surface area contributed by atoms with Crippen LogP contribution in [-0.2, 0) is 9.59 Å². The predicted molar refractivity (Wildman–Crippen MR) is 86.3 cm³/mol. The van der Waals surface area contributed by atoms with Crippen molar-refractivity contribution in [3.63, 3.8) is 0 Å². The molecule has 1 saturated heterocycles. The summed E-state index contributed by atoms with van der Waals surface area (Å²) in [5, 5.41) is 2.35. The molecule has 0 spiro atoms. The molecule has 1 aliphatic rings. The van der Waals surface area contributed by atoms with Crippen LogP contribution >= 0.6 is 0 Å². The van der Waals surface area contributed by atoms with Crippen molar-refractivity contribution in [2.45, 2.75) is 31.7 Å². The first-order chi connectivity index (χ1) is 10.6. The van der Waals surface area contributed by atoms with Gasteiger partial charge < -0.3 is 10.6 Å². The third kappa shape index (κ3) is 2.45. The molecule has 2 aromatic carbocycles. The molecule has 114 valence electrons. The van der Waals surface area contributed by atoms with E-state index in [1.807, 2.05) is 25.1 Å². The minimum absolute atomic E-state index is 0.0172. The molecule has 0 saturated carbocycles. The minimum Gasteiger partial charge on any atom is -0.368 e. The third-order valence-electron chi connectivity index (χ3n) is 4.51. The highest BCUT2D eigenvalue weighted by Gasteiger charge is 2.36. The maximum atomic E-state index is 12.3. The first-order valence-corrected chi connectivity index (χ1v) is 7.68. The molecule has 3 rings (SSSR count). The van der Waals surface area contributed by atoms with E-state index in [-0.39, 0.29) is 11.8 Å². The monoisotopic (exact) mass is 296 g/mol. The van der Waals surface area contributed by atoms with Gasteiger partial charge in [-0.05, 0) is 22.8 Å². The fraction of sp³-hybridized carbons (Fsp3) is 0.333. The Labute approximate surface area is 129 Å². The van der Waals surface area contributed by atoms with Crippen LogP contribution in [0.1, 0.15) is 31.2 Å². The van der Waals surface area contributed by atoms with Gasteiger partial charge in [-0.3, -0.25) is 9.59 Å². The first-order valence-electron chi connectivity index (χ1n) is 7.68. The Morgan fingerprint density at radius 2 is 2.00 bits per heavy atom. The molecule has 0 radical (unpaired) electrons. The van der Waals surface area contributed by atoms with Gasteiger partial charge in [0.15, 0.2) is 0 Å². The van der Waals surface area contributed by atoms with E-state index in [1.165, 1.54) is 16.3 Å². The number of likely N-dealkylation sites (tertiary alicyclic amines) is 1. The second-order valence-electron chi connectivity index (χ2n) is 5.84. The van der Waals surface area contributed by atoms with Crippen molar-refractivity contribution in [3.8, 4) is 0 Å². The van der Waals surface area contributed by atoms with Gasteiger partial charge >= 0.3 is 0 Å². The highest BCUT2D eigenvalue weighted by Crippen LogP contribution is 2.34. The average Bonchev–Trinajstić information content (AvgIpc) is 2.89. The van der Waals surface area contributed by atoms with Crippen molar-refractivity contribution in [2.75, 3.05) is 6.54 Å². The van der Waals surface area contributed by atoms with E-state index in [9.17, 15) is 9.59 Å². The normalized spacial score (nSPS) is 19.6. The van der Waals surface area contributed by atoms with Gasteiger partial charge in [0.2, 0.25) is 11.8 Å². The van der Waals surface area contributed by atoms with Crippen LogP contribution in [0.3, 0.4) is 0 Å². The van der Waals surface area contributed by atoms with Crippen molar-refractivity contribution in [1.29, 1.82) is 0 Å². The van der Waals surface area contributed by atoms with Gasteiger partial charge in [-0.25, -0.2) is 0 Å². The summed E-state index contributed by atoms with van der Waals surface area (Å²) >= 11 is 0. The number of rotatable bonds is 4. The highest BCUT2D eigenvalue weighted by atomic mass is 16.2. The third-order valence-corrected chi connectivity index (χ3v) is 4.51. The molecule has 1 fully saturated rings. The van der Waals surface area contributed by atoms with Gasteiger partial charge in [0.1, 0.15) is 6.04 Å². The van der Waals surface area contributed by atoms with Crippen molar-refractivity contribution < 1.29 is 9.59 Å². The molecule has 2 N–H and O–H groups in total. The molecule has 4 heteroatoms. The summed E-state index contributed by atoms with van der Waals surface area (Å²) in [6.45, 7) is 2.45. The Kier molecular flexibility index (Phi) is 3.84. The van der Waals surface area contributed by atoms with Crippen LogP contribution in [-0.4, -0.2) is 29.3 Å². The van der Waals surface area contributed by atoms with Gasteiger partial charge in [-0.15, -0.1) is 0 Å². The van der Waals surface area contributed by atoms with Crippen molar-refractivity contribution in [1.82, 2.24) is 4.90 Å². The van der Waals surface area contributed by atoms with Gasteiger partial charge in [0.05, 0.1) is 0 Å². The number of benzene rings is 2. The summed E-state index contributed by atoms with van der Waals surface area (Å²) in [5.74, 6) is -0.287. The largest absolute Gasteiger partial charge is 0.368 e. The van der Waals surface area contributed by atoms with Gasteiger partial charge in [0, 0.05) is 18.9 Å². The zero-order chi connectivity index (χ0) is 15.7. The SMILES string of the molecule is CC[C@@H](C(N)=O)N1CC(c2cccc3ccccc23)CC1=O. The van der Waals surface area contributed by atoms with Gasteiger partial charge in [0.25, 0.3) is 0 Å². The molecule has 1 heterocycles. The maximum Gasteiger partial charge on any atom is 0.240 e. The van der Waals surface area contributed by atoms with Crippen molar-refractivity contribution >= 4 is 22.6 Å². The molecule has 2 aromatic rings. The number of nitrogens with zero attached hydrogens (tertiary/aromatic N) is 1. The lowest BCUT2D eigenvalue weighted by Gasteiger charge is -2.24. The van der Waals surface area contributed by atoms with Crippen molar-refractivity contribution in [2.24, 2.45) is 5.73 Å². The van der Waals surface area contributed by atoms with Crippen LogP contribution in [0.4, 0.5) is 0 Å².